The topological polar surface area (TPSA) is 108 Å². The third-order valence-electron chi connectivity index (χ3n) is 4.90. The maximum atomic E-state index is 12.4. The van der Waals surface area contributed by atoms with Gasteiger partial charge in [0.15, 0.2) is 0 Å². The summed E-state index contributed by atoms with van der Waals surface area (Å²) in [6.45, 7) is 10.1. The first-order chi connectivity index (χ1) is 13.8. The lowest BCUT2D eigenvalue weighted by atomic mass is 10.3. The summed E-state index contributed by atoms with van der Waals surface area (Å²) in [6.07, 6.45) is 2.70. The van der Waals surface area contributed by atoms with Gasteiger partial charge < -0.3 is 15.5 Å². The van der Waals surface area contributed by atoms with Gasteiger partial charge >= 0.3 is 5.97 Å². The third kappa shape index (κ3) is 7.16. The highest BCUT2D eigenvalue weighted by molar-refractivity contribution is 5.83. The molecule has 1 unspecified atom stereocenters. The summed E-state index contributed by atoms with van der Waals surface area (Å²) in [7, 11) is 0. The van der Waals surface area contributed by atoms with Crippen LogP contribution in [-0.2, 0) is 24.0 Å². The molecule has 3 amide bonds. The Labute approximate surface area is 171 Å². The van der Waals surface area contributed by atoms with E-state index >= 15 is 0 Å². The van der Waals surface area contributed by atoms with Gasteiger partial charge in [0, 0.05) is 32.5 Å². The van der Waals surface area contributed by atoms with E-state index in [1.54, 1.807) is 0 Å². The van der Waals surface area contributed by atoms with E-state index in [2.05, 4.69) is 36.0 Å². The molecule has 0 aliphatic carbocycles. The maximum absolute atomic E-state index is 12.4. The van der Waals surface area contributed by atoms with Crippen molar-refractivity contribution >= 4 is 23.7 Å². The molecule has 2 N–H and O–H groups in total. The van der Waals surface area contributed by atoms with Gasteiger partial charge in [0.25, 0.3) is 5.91 Å². The lowest BCUT2D eigenvalue weighted by Crippen LogP contribution is -2.45. The summed E-state index contributed by atoms with van der Waals surface area (Å²) in [5.74, 6) is -0.693. The van der Waals surface area contributed by atoms with Crippen LogP contribution in [-0.4, -0.2) is 65.9 Å². The van der Waals surface area contributed by atoms with Gasteiger partial charge in [-0.1, -0.05) is 20.4 Å². The predicted molar refractivity (Wildman–Crippen MR) is 106 cm³/mol. The monoisotopic (exact) mass is 417 g/mol. The summed E-state index contributed by atoms with van der Waals surface area (Å²) >= 11 is 0. The van der Waals surface area contributed by atoms with E-state index in [1.165, 1.54) is 0 Å². The first kappa shape index (κ1) is 22.9. The molecular formula is C20H32N4O5. The molecule has 2 aliphatic heterocycles. The minimum atomic E-state index is -0.610. The molecule has 2 heterocycles. The molecule has 0 bridgehead atoms. The van der Waals surface area contributed by atoms with Gasteiger partial charge in [0.2, 0.25) is 11.8 Å². The Morgan fingerprint density at radius 3 is 2.55 bits per heavy atom. The molecule has 0 aromatic heterocycles. The molecule has 1 atom stereocenters. The normalized spacial score (nSPS) is 19.7. The number of carbonyl (C=O) groups excluding carboxylic acids is 4. The molecule has 2 saturated heterocycles. The highest BCUT2D eigenvalue weighted by Crippen LogP contribution is 2.21. The van der Waals surface area contributed by atoms with Crippen LogP contribution in [0.3, 0.4) is 0 Å². The van der Waals surface area contributed by atoms with Crippen LogP contribution < -0.4 is 10.6 Å². The average Bonchev–Trinajstić information content (AvgIpc) is 3.22. The van der Waals surface area contributed by atoms with E-state index in [4.69, 9.17) is 4.84 Å². The summed E-state index contributed by atoms with van der Waals surface area (Å²) < 4.78 is 0. The standard InChI is InChI=1S/C20H32N4O5/c1-14(2)13-23-12-4-5-16(23)20(28)22-10-8-17(25)21-11-9-19(27)29-24-15(3)6-7-18(24)26/h14,16H,3-13H2,1-2H3,(H,21,25)(H,22,28)/i1+1,2+1,13+1,14+1,16+1,17+1,19+1,21+1,23+1. The van der Waals surface area contributed by atoms with Crippen LogP contribution in [0.4, 0.5) is 0 Å². The van der Waals surface area contributed by atoms with Crippen LogP contribution >= 0.6 is 0 Å². The zero-order chi connectivity index (χ0) is 21.4. The van der Waals surface area contributed by atoms with Crippen molar-refractivity contribution in [3.05, 3.63) is 12.3 Å². The molecular weight excluding hydrogens is 385 g/mol. The van der Waals surface area contributed by atoms with Crippen molar-refractivity contribution in [3.63, 3.8) is 0 Å². The van der Waals surface area contributed by atoms with Gasteiger partial charge in [-0.25, -0.2) is 4.79 Å². The van der Waals surface area contributed by atoms with Crippen molar-refractivity contribution in [3.8, 4) is 0 Å². The number of allylic oxidation sites excluding steroid dienone is 1. The first-order valence-electron chi connectivity index (χ1n) is 10.3. The zero-order valence-corrected chi connectivity index (χ0v) is 17.4. The maximum Gasteiger partial charge on any atom is 0.334 e. The minimum Gasteiger partial charge on any atom is -0.355 e. The average molecular weight is 417 g/mol. The van der Waals surface area contributed by atoms with E-state index in [-0.39, 0.29) is 56.1 Å². The van der Waals surface area contributed by atoms with Gasteiger partial charge in [0.05, 0.1) is 18.2 Å². The second-order valence-electron chi connectivity index (χ2n) is 7.91. The summed E-state index contributed by atoms with van der Waals surface area (Å²) in [5.41, 5.74) is 0.456. The van der Waals surface area contributed by atoms with Gasteiger partial charge in [-0.15, -0.1) is 5.06 Å². The van der Waals surface area contributed by atoms with E-state index in [0.717, 1.165) is 31.0 Å². The number of hydrogen-bond acceptors (Lipinski definition) is 6. The largest absolute Gasteiger partial charge is 0.355 e. The number of nitrogens with zero attached hydrogens (tertiary/aromatic N) is 2. The molecule has 0 aromatic carbocycles. The highest BCUT2D eigenvalue weighted by Gasteiger charge is 2.30. The molecule has 9 heteroatoms. The zero-order valence-electron chi connectivity index (χ0n) is 17.4. The molecule has 0 aromatic rings. The fraction of sp³-hybridized carbons (Fsp3) is 0.700. The van der Waals surface area contributed by atoms with Crippen LogP contribution in [0.5, 0.6) is 0 Å². The Hall–Kier alpha value is -2.42. The van der Waals surface area contributed by atoms with Crippen molar-refractivity contribution in [1.82, 2.24) is 20.6 Å². The van der Waals surface area contributed by atoms with Crippen molar-refractivity contribution in [1.29, 1.82) is 0 Å². The van der Waals surface area contributed by atoms with Crippen LogP contribution in [0.25, 0.3) is 0 Å². The van der Waals surface area contributed by atoms with E-state index in [1.807, 2.05) is 0 Å². The van der Waals surface area contributed by atoms with E-state index < -0.39 is 5.97 Å². The number of carbonyl (C=O) groups is 4. The number of rotatable bonds is 10. The van der Waals surface area contributed by atoms with Crippen LogP contribution in [0, 0.1) is 5.92 Å². The Morgan fingerprint density at radius 1 is 1.17 bits per heavy atom. The molecule has 162 valence electrons. The quantitative estimate of drug-likeness (QED) is 0.401. The molecule has 0 spiro atoms. The van der Waals surface area contributed by atoms with Crippen molar-refractivity contribution in [2.75, 3.05) is 26.2 Å². The van der Waals surface area contributed by atoms with Crippen molar-refractivity contribution in [2.45, 2.75) is 58.4 Å². The van der Waals surface area contributed by atoms with Crippen LogP contribution in [0.1, 0.15) is 52.4 Å². The fourth-order valence-electron chi connectivity index (χ4n) is 3.51. The minimum absolute atomic E-state index is 0.0324. The number of hydroxylamine groups is 2. The lowest BCUT2D eigenvalue weighted by molar-refractivity contribution is -0.186. The van der Waals surface area contributed by atoms with Gasteiger partial charge in [-0.3, -0.25) is 19.3 Å². The van der Waals surface area contributed by atoms with Crippen LogP contribution in [0.2, 0.25) is 0 Å². The second kappa shape index (κ2) is 10.9. The van der Waals surface area contributed by atoms with Crippen molar-refractivity contribution in [2.24, 2.45) is 5.92 Å². The molecule has 2 rings (SSSR count). The molecule has 0 saturated carbocycles. The molecule has 0 radical (unpaired) electrons. The summed E-state index contributed by atoms with van der Waals surface area (Å²) in [6, 6.07) is -0.113. The number of nitrogens with one attached hydrogen (secondary N) is 2. The number of amides is 3. The molecule has 2 fully saturated rings. The van der Waals surface area contributed by atoms with Gasteiger partial charge in [-0.05, 0) is 31.7 Å². The number of likely N-dealkylation sites (tertiary alicyclic amines) is 1. The SMILES string of the molecule is C=C1CCC(=O)N1O[13C](=O)CC[15NH][13C](=O)CCNC(=O)[13CH]1CCC[15N]1[13CH2][13CH]([13CH3])[13CH3]. The smallest absolute Gasteiger partial charge is 0.334 e. The Bertz CT molecular complexity index is 633. The van der Waals surface area contributed by atoms with Crippen LogP contribution in [0.15, 0.2) is 12.3 Å². The first-order valence-corrected chi connectivity index (χ1v) is 10.3. The Kier molecular flexibility index (Phi) is 8.63. The van der Waals surface area contributed by atoms with Crippen molar-refractivity contribution < 1.29 is 24.0 Å². The van der Waals surface area contributed by atoms with Gasteiger partial charge in [0.1, 0.15) is 0 Å². The Balaban J connectivity index is 1.58. The predicted octanol–water partition coefficient (Wildman–Crippen LogP) is 0.714. The van der Waals surface area contributed by atoms with Gasteiger partial charge in [-0.2, -0.15) is 0 Å². The summed E-state index contributed by atoms with van der Waals surface area (Å²) in [5, 5.41) is 6.36. The lowest BCUT2D eigenvalue weighted by Gasteiger charge is -2.25. The highest BCUT2D eigenvalue weighted by atomic mass is 16.8. The van der Waals surface area contributed by atoms with E-state index in [0.29, 0.717) is 18.0 Å². The summed E-state index contributed by atoms with van der Waals surface area (Å²) in [4.78, 5) is 54.7. The molecule has 2 aliphatic rings. The second-order valence-corrected chi connectivity index (χ2v) is 7.91. The molecule has 9 nitrogen and oxygen atoms in total. The third-order valence-corrected chi connectivity index (χ3v) is 4.90. The van der Waals surface area contributed by atoms with E-state index in [9.17, 15) is 19.2 Å². The Morgan fingerprint density at radius 2 is 1.90 bits per heavy atom. The number of hydrogen-bond donors (Lipinski definition) is 2. The fourth-order valence-corrected chi connectivity index (χ4v) is 3.51. The molecule has 29 heavy (non-hydrogen) atoms.